The number of rotatable bonds is 3. The van der Waals surface area contributed by atoms with Crippen LogP contribution in [-0.2, 0) is 0 Å². The van der Waals surface area contributed by atoms with Crippen LogP contribution >= 0.6 is 0 Å². The van der Waals surface area contributed by atoms with Gasteiger partial charge in [0.25, 0.3) is 0 Å². The first-order valence-corrected chi connectivity index (χ1v) is 5.04. The lowest BCUT2D eigenvalue weighted by Gasteiger charge is -2.14. The van der Waals surface area contributed by atoms with Gasteiger partial charge in [-0.1, -0.05) is 6.07 Å². The van der Waals surface area contributed by atoms with Crippen molar-refractivity contribution in [2.45, 2.75) is 13.0 Å². The zero-order valence-electron chi connectivity index (χ0n) is 8.89. The molecule has 0 saturated heterocycles. The Balaban J connectivity index is 2.14. The molecule has 0 fully saturated rings. The fourth-order valence-corrected chi connectivity index (χ4v) is 1.41. The molecule has 1 unspecified atom stereocenters. The lowest BCUT2D eigenvalue weighted by atomic mass is 10.1. The molecule has 2 aromatic rings. The average molecular weight is 217 g/mol. The fraction of sp³-hybridized carbons (Fsp3) is 0.167. The van der Waals surface area contributed by atoms with Crippen LogP contribution in [0.3, 0.4) is 0 Å². The van der Waals surface area contributed by atoms with Crippen LogP contribution in [0.25, 0.3) is 0 Å². The molecule has 0 saturated carbocycles. The molecular formula is C12H12FN3. The fourth-order valence-electron chi connectivity index (χ4n) is 1.41. The maximum Gasteiger partial charge on any atom is 0.165 e. The van der Waals surface area contributed by atoms with Gasteiger partial charge in [-0.15, -0.1) is 0 Å². The number of nitrogens with one attached hydrogen (secondary N) is 1. The number of hydrogen-bond donors (Lipinski definition) is 1. The Morgan fingerprint density at radius 2 is 2.06 bits per heavy atom. The van der Waals surface area contributed by atoms with E-state index in [0.29, 0.717) is 0 Å². The normalized spacial score (nSPS) is 12.1. The van der Waals surface area contributed by atoms with E-state index in [4.69, 9.17) is 0 Å². The summed E-state index contributed by atoms with van der Waals surface area (Å²) in [7, 11) is 0. The standard InChI is InChI=1S/C12H12FN3/c1-9(10-4-2-6-14-8-10)16-12-11(13)5-3-7-15-12/h2-9H,1H3,(H,15,16). The van der Waals surface area contributed by atoms with Crippen LogP contribution in [0.15, 0.2) is 42.9 Å². The first-order valence-electron chi connectivity index (χ1n) is 5.04. The number of halogens is 1. The molecule has 0 bridgehead atoms. The largest absolute Gasteiger partial charge is 0.361 e. The molecule has 82 valence electrons. The number of nitrogens with zero attached hydrogens (tertiary/aromatic N) is 2. The average Bonchev–Trinajstić information content (AvgIpc) is 2.33. The first kappa shape index (κ1) is 10.5. The first-order chi connectivity index (χ1) is 7.77. The van der Waals surface area contributed by atoms with Gasteiger partial charge in [-0.3, -0.25) is 4.98 Å². The second-order valence-electron chi connectivity index (χ2n) is 3.49. The minimum Gasteiger partial charge on any atom is -0.361 e. The van der Waals surface area contributed by atoms with Crippen LogP contribution in [-0.4, -0.2) is 9.97 Å². The van der Waals surface area contributed by atoms with Gasteiger partial charge in [0.2, 0.25) is 0 Å². The Morgan fingerprint density at radius 3 is 2.75 bits per heavy atom. The van der Waals surface area contributed by atoms with Crippen LogP contribution in [0.4, 0.5) is 10.2 Å². The van der Waals surface area contributed by atoms with E-state index >= 15 is 0 Å². The van der Waals surface area contributed by atoms with Crippen LogP contribution in [0.1, 0.15) is 18.5 Å². The molecule has 16 heavy (non-hydrogen) atoms. The van der Waals surface area contributed by atoms with Crippen LogP contribution in [0.5, 0.6) is 0 Å². The number of aromatic nitrogens is 2. The molecule has 0 aliphatic carbocycles. The van der Waals surface area contributed by atoms with E-state index in [-0.39, 0.29) is 17.7 Å². The third-order valence-corrected chi connectivity index (χ3v) is 2.30. The minimum atomic E-state index is -0.349. The van der Waals surface area contributed by atoms with Crippen molar-refractivity contribution >= 4 is 5.82 Å². The summed E-state index contributed by atoms with van der Waals surface area (Å²) in [6.07, 6.45) is 5.01. The Labute approximate surface area is 93.4 Å². The van der Waals surface area contributed by atoms with Gasteiger partial charge in [0.05, 0.1) is 6.04 Å². The highest BCUT2D eigenvalue weighted by molar-refractivity contribution is 5.38. The SMILES string of the molecule is CC(Nc1ncccc1F)c1cccnc1. The number of pyridine rings is 2. The third kappa shape index (κ3) is 2.34. The zero-order valence-corrected chi connectivity index (χ0v) is 8.89. The molecule has 2 heterocycles. The van der Waals surface area contributed by atoms with E-state index < -0.39 is 0 Å². The van der Waals surface area contributed by atoms with E-state index in [1.165, 1.54) is 6.07 Å². The summed E-state index contributed by atoms with van der Waals surface area (Å²) < 4.78 is 13.3. The van der Waals surface area contributed by atoms with Gasteiger partial charge in [-0.05, 0) is 30.7 Å². The third-order valence-electron chi connectivity index (χ3n) is 2.30. The van der Waals surface area contributed by atoms with E-state index in [2.05, 4.69) is 15.3 Å². The van der Waals surface area contributed by atoms with Crippen molar-refractivity contribution in [3.05, 3.63) is 54.2 Å². The molecule has 0 aliphatic heterocycles. The summed E-state index contributed by atoms with van der Waals surface area (Å²) in [4.78, 5) is 7.95. The van der Waals surface area contributed by atoms with Crippen LogP contribution < -0.4 is 5.32 Å². The predicted molar refractivity (Wildman–Crippen MR) is 60.5 cm³/mol. The molecule has 2 aromatic heterocycles. The van der Waals surface area contributed by atoms with E-state index in [0.717, 1.165) is 5.56 Å². The molecular weight excluding hydrogens is 205 g/mol. The molecule has 2 rings (SSSR count). The summed E-state index contributed by atoms with van der Waals surface area (Å²) in [5, 5.41) is 3.00. The summed E-state index contributed by atoms with van der Waals surface area (Å²) in [5.41, 5.74) is 0.993. The van der Waals surface area contributed by atoms with E-state index in [1.807, 2.05) is 19.1 Å². The molecule has 0 radical (unpaired) electrons. The summed E-state index contributed by atoms with van der Waals surface area (Å²) in [6, 6.07) is 6.70. The van der Waals surface area contributed by atoms with Gasteiger partial charge in [-0.2, -0.15) is 0 Å². The monoisotopic (exact) mass is 217 g/mol. The second-order valence-corrected chi connectivity index (χ2v) is 3.49. The van der Waals surface area contributed by atoms with Gasteiger partial charge in [0.15, 0.2) is 11.6 Å². The Morgan fingerprint density at radius 1 is 1.25 bits per heavy atom. The van der Waals surface area contributed by atoms with Gasteiger partial charge < -0.3 is 5.32 Å². The van der Waals surface area contributed by atoms with Crippen molar-refractivity contribution in [2.75, 3.05) is 5.32 Å². The molecule has 1 N–H and O–H groups in total. The lowest BCUT2D eigenvalue weighted by Crippen LogP contribution is -2.09. The maximum absolute atomic E-state index is 13.3. The van der Waals surface area contributed by atoms with Gasteiger partial charge >= 0.3 is 0 Å². The molecule has 0 aliphatic rings. The Kier molecular flexibility index (Phi) is 3.10. The molecule has 0 aromatic carbocycles. The highest BCUT2D eigenvalue weighted by Gasteiger charge is 2.08. The molecule has 4 heteroatoms. The Bertz CT molecular complexity index is 459. The Hall–Kier alpha value is -1.97. The van der Waals surface area contributed by atoms with Crippen LogP contribution in [0.2, 0.25) is 0 Å². The molecule has 0 amide bonds. The van der Waals surface area contributed by atoms with E-state index in [9.17, 15) is 4.39 Å². The molecule has 3 nitrogen and oxygen atoms in total. The second kappa shape index (κ2) is 4.70. The maximum atomic E-state index is 13.3. The summed E-state index contributed by atoms with van der Waals surface area (Å²) >= 11 is 0. The predicted octanol–water partition coefficient (Wildman–Crippen LogP) is 2.79. The van der Waals surface area contributed by atoms with Gasteiger partial charge in [0, 0.05) is 18.6 Å². The van der Waals surface area contributed by atoms with Gasteiger partial charge in [0.1, 0.15) is 0 Å². The van der Waals surface area contributed by atoms with Crippen molar-refractivity contribution in [2.24, 2.45) is 0 Å². The molecule has 1 atom stereocenters. The van der Waals surface area contributed by atoms with Crippen molar-refractivity contribution < 1.29 is 4.39 Å². The van der Waals surface area contributed by atoms with Crippen molar-refractivity contribution in [3.63, 3.8) is 0 Å². The topological polar surface area (TPSA) is 37.8 Å². The smallest absolute Gasteiger partial charge is 0.165 e. The van der Waals surface area contributed by atoms with Crippen molar-refractivity contribution in [1.82, 2.24) is 9.97 Å². The lowest BCUT2D eigenvalue weighted by molar-refractivity contribution is 0.621. The quantitative estimate of drug-likeness (QED) is 0.859. The highest BCUT2D eigenvalue weighted by atomic mass is 19.1. The number of hydrogen-bond acceptors (Lipinski definition) is 3. The number of anilines is 1. The van der Waals surface area contributed by atoms with Crippen molar-refractivity contribution in [1.29, 1.82) is 0 Å². The highest BCUT2D eigenvalue weighted by Crippen LogP contribution is 2.18. The van der Waals surface area contributed by atoms with Gasteiger partial charge in [-0.25, -0.2) is 9.37 Å². The minimum absolute atomic E-state index is 0.0295. The van der Waals surface area contributed by atoms with E-state index in [1.54, 1.807) is 24.7 Å². The molecule has 0 spiro atoms. The summed E-state index contributed by atoms with van der Waals surface area (Å²) in [5.74, 6) is -0.0860. The van der Waals surface area contributed by atoms with Crippen LogP contribution in [0, 0.1) is 5.82 Å². The zero-order chi connectivity index (χ0) is 11.4. The summed E-state index contributed by atoms with van der Waals surface area (Å²) in [6.45, 7) is 1.94. The van der Waals surface area contributed by atoms with Crippen molar-refractivity contribution in [3.8, 4) is 0 Å².